The van der Waals surface area contributed by atoms with E-state index in [4.69, 9.17) is 4.74 Å². The summed E-state index contributed by atoms with van der Waals surface area (Å²) in [6.45, 7) is 2.17. The van der Waals surface area contributed by atoms with Crippen molar-refractivity contribution < 1.29 is 24.2 Å². The lowest BCUT2D eigenvalue weighted by Gasteiger charge is -2.10. The van der Waals surface area contributed by atoms with Crippen molar-refractivity contribution in [2.45, 2.75) is 26.1 Å². The first kappa shape index (κ1) is 16.0. The Kier molecular flexibility index (Phi) is 7.13. The van der Waals surface area contributed by atoms with Gasteiger partial charge in [-0.05, 0) is 12.5 Å². The number of rotatable bonds is 7. The summed E-state index contributed by atoms with van der Waals surface area (Å²) in [5.74, 6) is -0.688. The van der Waals surface area contributed by atoms with Gasteiger partial charge in [0.05, 0.1) is 6.61 Å². The van der Waals surface area contributed by atoms with Gasteiger partial charge in [0, 0.05) is 13.0 Å². The molecule has 0 aliphatic rings. The highest BCUT2D eigenvalue weighted by molar-refractivity contribution is 5.74. The van der Waals surface area contributed by atoms with Gasteiger partial charge in [-0.15, -0.1) is 0 Å². The molecule has 6 heteroatoms. The van der Waals surface area contributed by atoms with Crippen molar-refractivity contribution in [3.05, 3.63) is 35.9 Å². The number of hydrogen-bond donors (Lipinski definition) is 2. The van der Waals surface area contributed by atoms with Gasteiger partial charge in [-0.1, -0.05) is 30.3 Å². The summed E-state index contributed by atoms with van der Waals surface area (Å²) in [5, 5.41) is 11.9. The lowest BCUT2D eigenvalue weighted by molar-refractivity contribution is -0.153. The van der Waals surface area contributed by atoms with Gasteiger partial charge in [0.15, 0.2) is 6.10 Å². The zero-order chi connectivity index (χ0) is 14.8. The van der Waals surface area contributed by atoms with Crippen molar-refractivity contribution >= 4 is 12.1 Å². The van der Waals surface area contributed by atoms with Crippen molar-refractivity contribution in [2.75, 3.05) is 13.2 Å². The first-order valence-electron chi connectivity index (χ1n) is 6.42. The van der Waals surface area contributed by atoms with E-state index >= 15 is 0 Å². The van der Waals surface area contributed by atoms with Crippen molar-refractivity contribution in [3.8, 4) is 0 Å². The molecule has 1 aromatic carbocycles. The average molecular weight is 281 g/mol. The van der Waals surface area contributed by atoms with E-state index in [-0.39, 0.29) is 26.2 Å². The molecule has 0 aliphatic carbocycles. The van der Waals surface area contributed by atoms with E-state index in [0.717, 1.165) is 5.56 Å². The number of aliphatic hydroxyl groups is 1. The zero-order valence-corrected chi connectivity index (χ0v) is 11.4. The summed E-state index contributed by atoms with van der Waals surface area (Å²) >= 11 is 0. The van der Waals surface area contributed by atoms with Crippen molar-refractivity contribution in [1.82, 2.24) is 5.32 Å². The van der Waals surface area contributed by atoms with E-state index < -0.39 is 18.2 Å². The summed E-state index contributed by atoms with van der Waals surface area (Å²) in [6.07, 6.45) is -1.74. The smallest absolute Gasteiger partial charge is 0.407 e. The molecule has 2 N–H and O–H groups in total. The van der Waals surface area contributed by atoms with Crippen LogP contribution in [0.1, 0.15) is 18.9 Å². The van der Waals surface area contributed by atoms with Crippen LogP contribution in [-0.2, 0) is 20.9 Å². The molecule has 0 saturated carbocycles. The molecule has 0 aromatic heterocycles. The number of ether oxygens (including phenoxy) is 2. The third-order valence-electron chi connectivity index (χ3n) is 2.46. The summed E-state index contributed by atoms with van der Waals surface area (Å²) in [7, 11) is 0. The van der Waals surface area contributed by atoms with Gasteiger partial charge in [0.2, 0.25) is 0 Å². The highest BCUT2D eigenvalue weighted by atomic mass is 16.6. The van der Waals surface area contributed by atoms with E-state index in [9.17, 15) is 14.7 Å². The van der Waals surface area contributed by atoms with Crippen LogP contribution < -0.4 is 5.32 Å². The number of esters is 1. The number of aliphatic hydroxyl groups excluding tert-OH is 1. The van der Waals surface area contributed by atoms with Gasteiger partial charge < -0.3 is 19.9 Å². The van der Waals surface area contributed by atoms with Crippen molar-refractivity contribution in [1.29, 1.82) is 0 Å². The molecule has 0 radical (unpaired) electrons. The monoisotopic (exact) mass is 281 g/mol. The number of amides is 1. The molecule has 20 heavy (non-hydrogen) atoms. The summed E-state index contributed by atoms with van der Waals surface area (Å²) in [5.41, 5.74) is 0.884. The maximum Gasteiger partial charge on any atom is 0.407 e. The molecular weight excluding hydrogens is 262 g/mol. The predicted octanol–water partition coefficient (Wildman–Crippen LogP) is 1.23. The van der Waals surface area contributed by atoms with Crippen molar-refractivity contribution in [3.63, 3.8) is 0 Å². The van der Waals surface area contributed by atoms with Gasteiger partial charge in [-0.2, -0.15) is 0 Å². The van der Waals surface area contributed by atoms with E-state index in [2.05, 4.69) is 10.1 Å². The normalized spacial score (nSPS) is 11.5. The lowest BCUT2D eigenvalue weighted by Crippen LogP contribution is -2.31. The summed E-state index contributed by atoms with van der Waals surface area (Å²) < 4.78 is 9.60. The number of hydrogen-bond acceptors (Lipinski definition) is 5. The Bertz CT molecular complexity index is 421. The number of nitrogens with one attached hydrogen (secondary N) is 1. The fraction of sp³-hybridized carbons (Fsp3) is 0.429. The summed E-state index contributed by atoms with van der Waals surface area (Å²) in [6, 6.07) is 9.27. The minimum atomic E-state index is -1.23. The van der Waals surface area contributed by atoms with Gasteiger partial charge >= 0.3 is 12.1 Å². The minimum absolute atomic E-state index is 0.0826. The minimum Gasteiger partial charge on any atom is -0.464 e. The average Bonchev–Trinajstić information content (AvgIpc) is 2.46. The fourth-order valence-electron chi connectivity index (χ4n) is 1.44. The Labute approximate surface area is 117 Å². The second kappa shape index (κ2) is 8.92. The molecule has 0 bridgehead atoms. The predicted molar refractivity (Wildman–Crippen MR) is 71.9 cm³/mol. The van der Waals surface area contributed by atoms with Crippen LogP contribution in [0.25, 0.3) is 0 Å². The van der Waals surface area contributed by atoms with Gasteiger partial charge in [0.25, 0.3) is 0 Å². The first-order valence-corrected chi connectivity index (χ1v) is 6.42. The molecule has 0 heterocycles. The maximum absolute atomic E-state index is 11.4. The zero-order valence-electron chi connectivity index (χ0n) is 11.4. The van der Waals surface area contributed by atoms with Crippen LogP contribution >= 0.6 is 0 Å². The fourth-order valence-corrected chi connectivity index (χ4v) is 1.44. The molecule has 0 aliphatic heterocycles. The molecule has 0 spiro atoms. The van der Waals surface area contributed by atoms with Crippen LogP contribution in [-0.4, -0.2) is 36.4 Å². The van der Waals surface area contributed by atoms with Gasteiger partial charge in [-0.3, -0.25) is 0 Å². The molecule has 1 rings (SSSR count). The Morgan fingerprint density at radius 2 is 1.95 bits per heavy atom. The quantitative estimate of drug-likeness (QED) is 0.734. The van der Waals surface area contributed by atoms with Crippen LogP contribution in [0.15, 0.2) is 30.3 Å². The van der Waals surface area contributed by atoms with Crippen LogP contribution in [0.2, 0.25) is 0 Å². The molecule has 0 saturated heterocycles. The van der Waals surface area contributed by atoms with E-state index in [1.807, 2.05) is 30.3 Å². The number of carbonyl (C=O) groups excluding carboxylic acids is 2. The molecular formula is C14H19NO5. The first-order chi connectivity index (χ1) is 9.63. The van der Waals surface area contributed by atoms with E-state index in [1.165, 1.54) is 0 Å². The molecule has 1 amide bonds. The largest absolute Gasteiger partial charge is 0.464 e. The number of alkyl carbamates (subject to hydrolysis) is 1. The second-order valence-electron chi connectivity index (χ2n) is 4.05. The molecule has 110 valence electrons. The third kappa shape index (κ3) is 6.19. The van der Waals surface area contributed by atoms with E-state index in [1.54, 1.807) is 6.92 Å². The molecule has 1 atom stereocenters. The Hall–Kier alpha value is -2.08. The van der Waals surface area contributed by atoms with Crippen LogP contribution in [0.4, 0.5) is 4.79 Å². The topological polar surface area (TPSA) is 84.9 Å². The van der Waals surface area contributed by atoms with Crippen LogP contribution in [0.3, 0.4) is 0 Å². The second-order valence-corrected chi connectivity index (χ2v) is 4.05. The highest BCUT2D eigenvalue weighted by Crippen LogP contribution is 2.00. The standard InChI is InChI=1S/C14H19NO5/c1-2-19-13(17)12(16)8-9-15-14(18)20-10-11-6-4-3-5-7-11/h3-7,12,16H,2,8-10H2,1H3,(H,15,18)/t12-/m1/s1. The summed E-state index contributed by atoms with van der Waals surface area (Å²) in [4.78, 5) is 22.5. The SMILES string of the molecule is CCOC(=O)[C@H](O)CCNC(=O)OCc1ccccc1. The number of carbonyl (C=O) groups is 2. The Morgan fingerprint density at radius 1 is 1.25 bits per heavy atom. The highest BCUT2D eigenvalue weighted by Gasteiger charge is 2.15. The molecule has 6 nitrogen and oxygen atoms in total. The van der Waals surface area contributed by atoms with Gasteiger partial charge in [-0.25, -0.2) is 9.59 Å². The van der Waals surface area contributed by atoms with Crippen LogP contribution in [0.5, 0.6) is 0 Å². The lowest BCUT2D eigenvalue weighted by atomic mass is 10.2. The Balaban J connectivity index is 2.16. The van der Waals surface area contributed by atoms with Gasteiger partial charge in [0.1, 0.15) is 6.61 Å². The van der Waals surface area contributed by atoms with E-state index in [0.29, 0.717) is 0 Å². The Morgan fingerprint density at radius 3 is 2.60 bits per heavy atom. The maximum atomic E-state index is 11.4. The van der Waals surface area contributed by atoms with Crippen LogP contribution in [0, 0.1) is 0 Å². The number of benzene rings is 1. The van der Waals surface area contributed by atoms with Crippen molar-refractivity contribution in [2.24, 2.45) is 0 Å². The third-order valence-corrected chi connectivity index (χ3v) is 2.46. The molecule has 0 unspecified atom stereocenters. The molecule has 0 fully saturated rings. The molecule has 1 aromatic rings.